The van der Waals surface area contributed by atoms with Gasteiger partial charge in [0, 0.05) is 23.8 Å². The predicted octanol–water partition coefficient (Wildman–Crippen LogP) is 1.46. The number of carboxylic acids is 1. The topological polar surface area (TPSA) is 134 Å². The fourth-order valence-electron chi connectivity index (χ4n) is 2.29. The highest BCUT2D eigenvalue weighted by molar-refractivity contribution is 7.08. The molecule has 1 atom stereocenters. The van der Waals surface area contributed by atoms with Crippen LogP contribution in [0.3, 0.4) is 0 Å². The molecule has 0 saturated carbocycles. The van der Waals surface area contributed by atoms with Gasteiger partial charge >= 0.3 is 5.97 Å². The van der Waals surface area contributed by atoms with Crippen LogP contribution in [0.15, 0.2) is 21.3 Å². The van der Waals surface area contributed by atoms with Crippen molar-refractivity contribution in [1.29, 1.82) is 0 Å². The number of aromatic nitrogens is 2. The van der Waals surface area contributed by atoms with E-state index in [1.807, 2.05) is 30.7 Å². The Hall–Kier alpha value is -2.75. The van der Waals surface area contributed by atoms with Crippen LogP contribution < -0.4 is 10.6 Å². The first kappa shape index (κ1) is 20.6. The van der Waals surface area contributed by atoms with Gasteiger partial charge in [0.05, 0.1) is 6.54 Å². The van der Waals surface area contributed by atoms with Crippen LogP contribution >= 0.6 is 11.3 Å². The highest BCUT2D eigenvalue weighted by Crippen LogP contribution is 2.18. The van der Waals surface area contributed by atoms with E-state index in [-0.39, 0.29) is 31.2 Å². The second kappa shape index (κ2) is 9.81. The van der Waals surface area contributed by atoms with Gasteiger partial charge in [0.1, 0.15) is 6.04 Å². The van der Waals surface area contributed by atoms with E-state index in [0.29, 0.717) is 18.1 Å². The van der Waals surface area contributed by atoms with Crippen molar-refractivity contribution in [3.05, 3.63) is 22.7 Å². The van der Waals surface area contributed by atoms with E-state index in [9.17, 15) is 14.4 Å². The number of rotatable bonds is 10. The van der Waals surface area contributed by atoms with E-state index in [1.54, 1.807) is 0 Å². The van der Waals surface area contributed by atoms with Crippen molar-refractivity contribution in [2.24, 2.45) is 5.92 Å². The van der Waals surface area contributed by atoms with Crippen LogP contribution in [-0.2, 0) is 20.8 Å². The van der Waals surface area contributed by atoms with Gasteiger partial charge in [-0.15, -0.1) is 0 Å². The molecule has 27 heavy (non-hydrogen) atoms. The van der Waals surface area contributed by atoms with Crippen molar-refractivity contribution in [3.63, 3.8) is 0 Å². The molecule has 0 spiro atoms. The number of carboxylic acid groups (broad SMARTS) is 1. The average molecular weight is 394 g/mol. The Morgan fingerprint density at radius 1 is 1.30 bits per heavy atom. The standard InChI is InChI=1S/C17H22N4O5S/c1-10(2)7-12(17(24)25)19-14(23)8-18-13(22)3-4-15-20-16(21-26-15)11-5-6-27-9-11/h5-6,9-10,12H,3-4,7-8H2,1-2H3,(H,18,22)(H,19,23)(H,24,25)/t12-/m0/s1. The Morgan fingerprint density at radius 2 is 2.07 bits per heavy atom. The van der Waals surface area contributed by atoms with Crippen molar-refractivity contribution in [3.8, 4) is 11.4 Å². The molecule has 2 rings (SSSR count). The first-order valence-corrected chi connectivity index (χ1v) is 9.43. The molecular formula is C17H22N4O5S. The Balaban J connectivity index is 1.72. The lowest BCUT2D eigenvalue weighted by atomic mass is 10.0. The zero-order valence-electron chi connectivity index (χ0n) is 15.1. The number of aryl methyl sites for hydroxylation is 1. The van der Waals surface area contributed by atoms with Gasteiger partial charge in [0.15, 0.2) is 0 Å². The van der Waals surface area contributed by atoms with Gasteiger partial charge in [-0.3, -0.25) is 9.59 Å². The third-order valence-electron chi connectivity index (χ3n) is 3.60. The summed E-state index contributed by atoms with van der Waals surface area (Å²) in [4.78, 5) is 39.0. The second-order valence-corrected chi connectivity index (χ2v) is 7.17. The number of aliphatic carboxylic acids is 1. The zero-order chi connectivity index (χ0) is 19.8. The van der Waals surface area contributed by atoms with Gasteiger partial charge in [-0.25, -0.2) is 4.79 Å². The van der Waals surface area contributed by atoms with Crippen molar-refractivity contribution in [1.82, 2.24) is 20.8 Å². The summed E-state index contributed by atoms with van der Waals surface area (Å²) in [5.41, 5.74) is 0.852. The summed E-state index contributed by atoms with van der Waals surface area (Å²) in [5.74, 6) is -1.09. The fourth-order valence-corrected chi connectivity index (χ4v) is 2.93. The third kappa shape index (κ3) is 6.81. The fraction of sp³-hybridized carbons (Fsp3) is 0.471. The predicted molar refractivity (Wildman–Crippen MR) is 98.0 cm³/mol. The molecule has 10 heteroatoms. The van der Waals surface area contributed by atoms with Gasteiger partial charge in [0.25, 0.3) is 0 Å². The summed E-state index contributed by atoms with van der Waals surface area (Å²) < 4.78 is 5.10. The van der Waals surface area contributed by atoms with Gasteiger partial charge in [-0.2, -0.15) is 16.3 Å². The Morgan fingerprint density at radius 3 is 2.70 bits per heavy atom. The number of hydrogen-bond acceptors (Lipinski definition) is 7. The van der Waals surface area contributed by atoms with Crippen LogP contribution in [-0.4, -0.2) is 45.6 Å². The summed E-state index contributed by atoms with van der Waals surface area (Å²) in [7, 11) is 0. The van der Waals surface area contributed by atoms with Gasteiger partial charge in [0.2, 0.25) is 23.5 Å². The summed E-state index contributed by atoms with van der Waals surface area (Å²) in [5, 5.41) is 21.6. The Bertz CT molecular complexity index is 772. The van der Waals surface area contributed by atoms with Crippen molar-refractivity contribution in [2.75, 3.05) is 6.54 Å². The smallest absolute Gasteiger partial charge is 0.326 e. The first-order valence-electron chi connectivity index (χ1n) is 8.49. The molecule has 0 aliphatic heterocycles. The number of carbonyl (C=O) groups is 3. The molecule has 0 saturated heterocycles. The maximum absolute atomic E-state index is 11.9. The van der Waals surface area contributed by atoms with Crippen LogP contribution in [0.1, 0.15) is 32.6 Å². The van der Waals surface area contributed by atoms with Gasteiger partial charge < -0.3 is 20.3 Å². The number of nitrogens with one attached hydrogen (secondary N) is 2. The van der Waals surface area contributed by atoms with Crippen LogP contribution in [0.4, 0.5) is 0 Å². The highest BCUT2D eigenvalue weighted by Gasteiger charge is 2.21. The quantitative estimate of drug-likeness (QED) is 0.555. The molecule has 2 aromatic rings. The molecule has 0 radical (unpaired) electrons. The molecule has 0 aromatic carbocycles. The molecule has 146 valence electrons. The molecule has 0 aliphatic carbocycles. The molecule has 9 nitrogen and oxygen atoms in total. The summed E-state index contributed by atoms with van der Waals surface area (Å²) in [6.07, 6.45) is 0.640. The van der Waals surface area contributed by atoms with Crippen LogP contribution in [0.5, 0.6) is 0 Å². The molecule has 0 aliphatic rings. The zero-order valence-corrected chi connectivity index (χ0v) is 15.9. The maximum atomic E-state index is 11.9. The average Bonchev–Trinajstić information content (AvgIpc) is 3.28. The summed E-state index contributed by atoms with van der Waals surface area (Å²) in [6.45, 7) is 3.45. The Kier molecular flexibility index (Phi) is 7.47. The Labute approximate surface area is 160 Å². The third-order valence-corrected chi connectivity index (χ3v) is 4.28. The summed E-state index contributed by atoms with van der Waals surface area (Å²) >= 11 is 1.52. The second-order valence-electron chi connectivity index (χ2n) is 6.39. The minimum absolute atomic E-state index is 0.0763. The van der Waals surface area contributed by atoms with E-state index in [2.05, 4.69) is 20.8 Å². The normalized spacial score (nSPS) is 12.0. The summed E-state index contributed by atoms with van der Waals surface area (Å²) in [6, 6.07) is 0.900. The first-order chi connectivity index (χ1) is 12.8. The highest BCUT2D eigenvalue weighted by atomic mass is 32.1. The molecule has 2 aromatic heterocycles. The lowest BCUT2D eigenvalue weighted by Gasteiger charge is -2.16. The van der Waals surface area contributed by atoms with Gasteiger partial charge in [-0.1, -0.05) is 19.0 Å². The van der Waals surface area contributed by atoms with Crippen LogP contribution in [0.2, 0.25) is 0 Å². The van der Waals surface area contributed by atoms with E-state index >= 15 is 0 Å². The molecule has 0 unspecified atom stereocenters. The van der Waals surface area contributed by atoms with E-state index in [1.165, 1.54) is 11.3 Å². The number of amides is 2. The number of carbonyl (C=O) groups excluding carboxylic acids is 2. The van der Waals surface area contributed by atoms with E-state index < -0.39 is 17.9 Å². The number of hydrogen-bond donors (Lipinski definition) is 3. The van der Waals surface area contributed by atoms with Crippen molar-refractivity contribution >= 4 is 29.1 Å². The molecule has 0 fully saturated rings. The van der Waals surface area contributed by atoms with E-state index in [4.69, 9.17) is 9.63 Å². The molecule has 3 N–H and O–H groups in total. The monoisotopic (exact) mass is 394 g/mol. The van der Waals surface area contributed by atoms with Crippen LogP contribution in [0, 0.1) is 5.92 Å². The minimum Gasteiger partial charge on any atom is -0.480 e. The minimum atomic E-state index is -1.10. The number of thiophene rings is 1. The molecular weight excluding hydrogens is 372 g/mol. The molecule has 0 bridgehead atoms. The van der Waals surface area contributed by atoms with Crippen LogP contribution in [0.25, 0.3) is 11.4 Å². The van der Waals surface area contributed by atoms with Crippen molar-refractivity contribution in [2.45, 2.75) is 39.2 Å². The lowest BCUT2D eigenvalue weighted by molar-refractivity contribution is -0.142. The van der Waals surface area contributed by atoms with Crippen molar-refractivity contribution < 1.29 is 24.0 Å². The molecule has 2 heterocycles. The lowest BCUT2D eigenvalue weighted by Crippen LogP contribution is -2.46. The maximum Gasteiger partial charge on any atom is 0.326 e. The SMILES string of the molecule is CC(C)C[C@H](NC(=O)CNC(=O)CCc1nc(-c2ccsc2)no1)C(=O)O. The van der Waals surface area contributed by atoms with E-state index in [0.717, 1.165) is 5.56 Å². The number of nitrogens with zero attached hydrogens (tertiary/aromatic N) is 2. The molecule has 2 amide bonds. The largest absolute Gasteiger partial charge is 0.480 e. The van der Waals surface area contributed by atoms with Gasteiger partial charge in [-0.05, 0) is 23.8 Å².